The molecule has 30 heavy (non-hydrogen) atoms. The van der Waals surface area contributed by atoms with Gasteiger partial charge < -0.3 is 21.3 Å². The van der Waals surface area contributed by atoms with Gasteiger partial charge in [0.1, 0.15) is 0 Å². The highest BCUT2D eigenvalue weighted by Gasteiger charge is 2.07. The molecule has 2 aromatic carbocycles. The quantitative estimate of drug-likeness (QED) is 0.347. The van der Waals surface area contributed by atoms with Crippen molar-refractivity contribution >= 4 is 46.6 Å². The van der Waals surface area contributed by atoms with Crippen molar-refractivity contribution in [1.29, 1.82) is 0 Å². The minimum atomic E-state index is -0.241. The van der Waals surface area contributed by atoms with E-state index >= 15 is 0 Å². The van der Waals surface area contributed by atoms with Crippen molar-refractivity contribution in [1.82, 2.24) is 10.6 Å². The van der Waals surface area contributed by atoms with Crippen molar-refractivity contribution in [2.75, 3.05) is 23.7 Å². The zero-order valence-electron chi connectivity index (χ0n) is 17.3. The molecule has 6 nitrogen and oxygen atoms in total. The molecular formula is C22H28Cl2N4O2. The number of nitrogens with one attached hydrogen (secondary N) is 4. The molecule has 0 atom stereocenters. The van der Waals surface area contributed by atoms with E-state index in [1.165, 1.54) is 0 Å². The minimum absolute atomic E-state index is 0.241. The second kappa shape index (κ2) is 12.3. The molecule has 0 fully saturated rings. The standard InChI is InChI=1S/C22H28Cl2N4O2/c1-15-17(23)9-7-11-19(15)27-21(29)25-13-5-3-4-6-14-26-22(30)28-20-12-8-10-18(24)16(20)2/h7-12H,3-6,13-14H2,1-2H3,(H2,25,27,29)(H2,26,28,30). The van der Waals surface area contributed by atoms with Gasteiger partial charge in [-0.25, -0.2) is 9.59 Å². The second-order valence-corrected chi connectivity index (χ2v) is 7.82. The smallest absolute Gasteiger partial charge is 0.319 e. The first-order valence-electron chi connectivity index (χ1n) is 9.98. The van der Waals surface area contributed by atoms with Gasteiger partial charge in [-0.2, -0.15) is 0 Å². The summed E-state index contributed by atoms with van der Waals surface area (Å²) in [4.78, 5) is 23.9. The van der Waals surface area contributed by atoms with Crippen LogP contribution in [0.2, 0.25) is 10.0 Å². The molecule has 0 radical (unpaired) electrons. The first-order chi connectivity index (χ1) is 14.4. The van der Waals surface area contributed by atoms with Crippen LogP contribution in [0.15, 0.2) is 36.4 Å². The predicted octanol–water partition coefficient (Wildman–Crippen LogP) is 6.11. The molecule has 0 aliphatic heterocycles. The molecule has 0 saturated carbocycles. The summed E-state index contributed by atoms with van der Waals surface area (Å²) in [6.45, 7) is 4.91. The van der Waals surface area contributed by atoms with E-state index in [9.17, 15) is 9.59 Å². The van der Waals surface area contributed by atoms with Crippen molar-refractivity contribution in [3.05, 3.63) is 57.6 Å². The molecule has 4 amide bonds. The van der Waals surface area contributed by atoms with Crippen molar-refractivity contribution in [2.24, 2.45) is 0 Å². The number of rotatable bonds is 9. The summed E-state index contributed by atoms with van der Waals surface area (Å²) < 4.78 is 0. The first kappa shape index (κ1) is 23.8. The van der Waals surface area contributed by atoms with Crippen LogP contribution in [0.5, 0.6) is 0 Å². The SMILES string of the molecule is Cc1c(Cl)cccc1NC(=O)NCCCCCCNC(=O)Nc1cccc(Cl)c1C. The monoisotopic (exact) mass is 450 g/mol. The Balaban J connectivity index is 1.52. The van der Waals surface area contributed by atoms with Gasteiger partial charge >= 0.3 is 12.1 Å². The molecule has 0 unspecified atom stereocenters. The molecule has 0 aliphatic rings. The van der Waals surface area contributed by atoms with Crippen LogP contribution in [0.25, 0.3) is 0 Å². The molecule has 162 valence electrons. The van der Waals surface area contributed by atoms with Crippen LogP contribution in [-0.4, -0.2) is 25.2 Å². The summed E-state index contributed by atoms with van der Waals surface area (Å²) in [6.07, 6.45) is 3.67. The number of amides is 4. The molecular weight excluding hydrogens is 423 g/mol. The van der Waals surface area contributed by atoms with Crippen LogP contribution in [-0.2, 0) is 0 Å². The maximum atomic E-state index is 12.0. The number of carbonyl (C=O) groups excluding carboxylic acids is 2. The fourth-order valence-electron chi connectivity index (χ4n) is 2.83. The minimum Gasteiger partial charge on any atom is -0.338 e. The normalized spacial score (nSPS) is 10.4. The number of hydrogen-bond donors (Lipinski definition) is 4. The fourth-order valence-corrected chi connectivity index (χ4v) is 3.18. The number of carbonyl (C=O) groups is 2. The van der Waals surface area contributed by atoms with Crippen LogP contribution in [0, 0.1) is 13.8 Å². The third kappa shape index (κ3) is 7.76. The highest BCUT2D eigenvalue weighted by atomic mass is 35.5. The Bertz CT molecular complexity index is 803. The second-order valence-electron chi connectivity index (χ2n) is 7.00. The lowest BCUT2D eigenvalue weighted by Crippen LogP contribution is -2.30. The number of urea groups is 2. The fraction of sp³-hybridized carbons (Fsp3) is 0.364. The maximum absolute atomic E-state index is 12.0. The number of halogens is 2. The van der Waals surface area contributed by atoms with E-state index in [0.717, 1.165) is 36.8 Å². The highest BCUT2D eigenvalue weighted by Crippen LogP contribution is 2.23. The number of unbranched alkanes of at least 4 members (excludes halogenated alkanes) is 3. The number of anilines is 2. The van der Waals surface area contributed by atoms with Crippen LogP contribution in [0.3, 0.4) is 0 Å². The Morgan fingerprint density at radius 3 is 1.50 bits per heavy atom. The van der Waals surface area contributed by atoms with E-state index < -0.39 is 0 Å². The molecule has 2 aromatic rings. The average molecular weight is 451 g/mol. The first-order valence-corrected chi connectivity index (χ1v) is 10.7. The van der Waals surface area contributed by atoms with E-state index in [1.54, 1.807) is 24.3 Å². The van der Waals surface area contributed by atoms with Gasteiger partial charge in [0.25, 0.3) is 0 Å². The number of hydrogen-bond acceptors (Lipinski definition) is 2. The summed E-state index contributed by atoms with van der Waals surface area (Å²) in [6, 6.07) is 10.3. The van der Waals surface area contributed by atoms with Gasteiger partial charge in [0.05, 0.1) is 0 Å². The summed E-state index contributed by atoms with van der Waals surface area (Å²) in [5.74, 6) is 0. The molecule has 0 bridgehead atoms. The van der Waals surface area contributed by atoms with Crippen LogP contribution in [0.4, 0.5) is 21.0 Å². The Morgan fingerprint density at radius 2 is 1.10 bits per heavy atom. The Labute approximate surface area is 187 Å². The van der Waals surface area contributed by atoms with Gasteiger partial charge in [0, 0.05) is 34.5 Å². The summed E-state index contributed by atoms with van der Waals surface area (Å²) in [7, 11) is 0. The highest BCUT2D eigenvalue weighted by molar-refractivity contribution is 6.32. The molecule has 0 heterocycles. The van der Waals surface area contributed by atoms with E-state index in [1.807, 2.05) is 26.0 Å². The summed E-state index contributed by atoms with van der Waals surface area (Å²) in [5.41, 5.74) is 3.10. The molecule has 0 aromatic heterocycles. The third-order valence-electron chi connectivity index (χ3n) is 4.71. The van der Waals surface area contributed by atoms with Gasteiger partial charge in [-0.3, -0.25) is 0 Å². The van der Waals surface area contributed by atoms with Gasteiger partial charge in [-0.05, 0) is 62.1 Å². The van der Waals surface area contributed by atoms with Crippen LogP contribution < -0.4 is 21.3 Å². The maximum Gasteiger partial charge on any atom is 0.319 e. The van der Waals surface area contributed by atoms with Crippen LogP contribution >= 0.6 is 23.2 Å². The average Bonchev–Trinajstić information content (AvgIpc) is 2.71. The molecule has 4 N–H and O–H groups in total. The van der Waals surface area contributed by atoms with E-state index in [0.29, 0.717) is 34.5 Å². The van der Waals surface area contributed by atoms with Gasteiger partial charge in [0.2, 0.25) is 0 Å². The Morgan fingerprint density at radius 1 is 0.700 bits per heavy atom. The lowest BCUT2D eigenvalue weighted by atomic mass is 10.2. The topological polar surface area (TPSA) is 82.3 Å². The van der Waals surface area contributed by atoms with E-state index in [2.05, 4.69) is 21.3 Å². The third-order valence-corrected chi connectivity index (χ3v) is 5.53. The lowest BCUT2D eigenvalue weighted by Gasteiger charge is -2.11. The van der Waals surface area contributed by atoms with Crippen molar-refractivity contribution in [2.45, 2.75) is 39.5 Å². The van der Waals surface area contributed by atoms with E-state index in [-0.39, 0.29) is 12.1 Å². The van der Waals surface area contributed by atoms with Gasteiger partial charge in [0.15, 0.2) is 0 Å². The van der Waals surface area contributed by atoms with Gasteiger partial charge in [-0.1, -0.05) is 48.2 Å². The zero-order valence-corrected chi connectivity index (χ0v) is 18.8. The van der Waals surface area contributed by atoms with Crippen molar-refractivity contribution in [3.63, 3.8) is 0 Å². The summed E-state index contributed by atoms with van der Waals surface area (Å²) in [5, 5.41) is 12.5. The molecule has 0 aliphatic carbocycles. The predicted molar refractivity (Wildman–Crippen MR) is 125 cm³/mol. The van der Waals surface area contributed by atoms with Crippen LogP contribution in [0.1, 0.15) is 36.8 Å². The van der Waals surface area contributed by atoms with E-state index in [4.69, 9.17) is 23.2 Å². The largest absolute Gasteiger partial charge is 0.338 e. The van der Waals surface area contributed by atoms with Crippen molar-refractivity contribution in [3.8, 4) is 0 Å². The molecule has 8 heteroatoms. The van der Waals surface area contributed by atoms with Gasteiger partial charge in [-0.15, -0.1) is 0 Å². The molecule has 0 spiro atoms. The molecule has 0 saturated heterocycles. The summed E-state index contributed by atoms with van der Waals surface area (Å²) >= 11 is 12.1. The Kier molecular flexibility index (Phi) is 9.77. The Hall–Kier alpha value is -2.44. The number of benzene rings is 2. The zero-order chi connectivity index (χ0) is 21.9. The van der Waals surface area contributed by atoms with Crippen molar-refractivity contribution < 1.29 is 9.59 Å². The lowest BCUT2D eigenvalue weighted by molar-refractivity contribution is 0.250. The molecule has 2 rings (SSSR count).